The summed E-state index contributed by atoms with van der Waals surface area (Å²) in [5.41, 5.74) is 7.81. The lowest BCUT2D eigenvalue weighted by Crippen LogP contribution is -2.35. The van der Waals surface area contributed by atoms with Crippen molar-refractivity contribution in [1.29, 1.82) is 0 Å². The highest BCUT2D eigenvalue weighted by atomic mass is 16.5. The minimum absolute atomic E-state index is 0.0169. The monoisotopic (exact) mass is 572 g/mol. The molecule has 6 nitrogen and oxygen atoms in total. The minimum Gasteiger partial charge on any atom is -0.496 e. The first-order chi connectivity index (χ1) is 21.1. The smallest absolute Gasteiger partial charge is 0.223 e. The predicted molar refractivity (Wildman–Crippen MR) is 172 cm³/mol. The van der Waals surface area contributed by atoms with Crippen LogP contribution < -0.4 is 19.5 Å². The number of hydrogen-bond acceptors (Lipinski definition) is 4. The maximum absolute atomic E-state index is 13.8. The van der Waals surface area contributed by atoms with E-state index in [4.69, 9.17) is 14.2 Å². The Morgan fingerprint density at radius 1 is 0.837 bits per heavy atom. The summed E-state index contributed by atoms with van der Waals surface area (Å²) in [6.45, 7) is 0.291. The Bertz CT molecular complexity index is 1730. The molecule has 4 aromatic carbocycles. The zero-order chi connectivity index (χ0) is 29.8. The van der Waals surface area contributed by atoms with Crippen molar-refractivity contribution in [2.45, 2.75) is 25.3 Å². The van der Waals surface area contributed by atoms with Gasteiger partial charge in [0, 0.05) is 40.6 Å². The van der Waals surface area contributed by atoms with E-state index in [0.29, 0.717) is 36.6 Å². The van der Waals surface area contributed by atoms with Crippen molar-refractivity contribution in [1.82, 2.24) is 10.3 Å². The maximum Gasteiger partial charge on any atom is 0.223 e. The summed E-state index contributed by atoms with van der Waals surface area (Å²) >= 11 is 0. The van der Waals surface area contributed by atoms with E-state index in [1.807, 2.05) is 24.3 Å². The third-order valence-electron chi connectivity index (χ3n) is 8.40. The van der Waals surface area contributed by atoms with E-state index in [1.165, 1.54) is 27.8 Å². The molecule has 6 heteroatoms. The molecule has 0 bridgehead atoms. The number of ether oxygens (including phenoxy) is 3. The van der Waals surface area contributed by atoms with Crippen molar-refractivity contribution in [2.75, 3.05) is 21.3 Å². The molecular formula is C37H36N2O4. The van der Waals surface area contributed by atoms with E-state index in [0.717, 1.165) is 16.6 Å². The van der Waals surface area contributed by atoms with Gasteiger partial charge in [-0.05, 0) is 41.2 Å². The van der Waals surface area contributed by atoms with Crippen LogP contribution in [0.5, 0.6) is 17.2 Å². The Labute approximate surface area is 252 Å². The molecule has 0 unspecified atom stereocenters. The lowest BCUT2D eigenvalue weighted by atomic mass is 9.76. The summed E-state index contributed by atoms with van der Waals surface area (Å²) in [7, 11) is 4.81. The van der Waals surface area contributed by atoms with Crippen molar-refractivity contribution >= 4 is 29.0 Å². The van der Waals surface area contributed by atoms with Crippen LogP contribution >= 0.6 is 0 Å². The third-order valence-corrected chi connectivity index (χ3v) is 8.40. The number of aromatic amines is 1. The number of benzene rings is 4. The molecule has 1 amide bonds. The molecule has 6 rings (SSSR count). The lowest BCUT2D eigenvalue weighted by molar-refractivity contribution is -0.125. The Morgan fingerprint density at radius 2 is 1.49 bits per heavy atom. The molecule has 1 aromatic heterocycles. The Balaban J connectivity index is 1.26. The van der Waals surface area contributed by atoms with Crippen LogP contribution in [0.1, 0.15) is 45.8 Å². The summed E-state index contributed by atoms with van der Waals surface area (Å²) in [6.07, 6.45) is 5.64. The molecule has 0 spiro atoms. The standard InChI is InChI=1S/C37H36N2O4/c1-41-28-21-34(42-2)32(35(22-28)43-3)23-38-37(40)27-19-30(36-31(20-27)29-11-7-8-12-33(29)39-36)26-17-15-25(16-18-26)14-13-24-9-5-4-6-10-24/h4-18,21-22,27,30,39H,19-20,23H2,1-3H3,(H,38,40)/t27-,30+/m1/s1. The van der Waals surface area contributed by atoms with E-state index >= 15 is 0 Å². The highest BCUT2D eigenvalue weighted by Crippen LogP contribution is 2.42. The molecule has 2 N–H and O–H groups in total. The second kappa shape index (κ2) is 12.5. The van der Waals surface area contributed by atoms with Gasteiger partial charge in [-0.25, -0.2) is 0 Å². The van der Waals surface area contributed by atoms with Gasteiger partial charge in [0.25, 0.3) is 0 Å². The molecule has 0 radical (unpaired) electrons. The van der Waals surface area contributed by atoms with Crippen molar-refractivity contribution < 1.29 is 19.0 Å². The van der Waals surface area contributed by atoms with Gasteiger partial charge in [-0.1, -0.05) is 84.9 Å². The quantitative estimate of drug-likeness (QED) is 0.181. The van der Waals surface area contributed by atoms with Crippen molar-refractivity contribution in [2.24, 2.45) is 5.92 Å². The van der Waals surface area contributed by atoms with Gasteiger partial charge >= 0.3 is 0 Å². The van der Waals surface area contributed by atoms with Crippen LogP contribution in [0.25, 0.3) is 23.1 Å². The molecule has 2 atom stereocenters. The molecule has 0 saturated heterocycles. The number of carbonyl (C=O) groups excluding carboxylic acids is 1. The number of para-hydroxylation sites is 1. The first-order valence-corrected chi connectivity index (χ1v) is 14.6. The van der Waals surface area contributed by atoms with Crippen LogP contribution in [-0.2, 0) is 17.8 Å². The third kappa shape index (κ3) is 5.86. The molecule has 5 aromatic rings. The number of carbonyl (C=O) groups is 1. The molecule has 0 aliphatic heterocycles. The average Bonchev–Trinajstić information content (AvgIpc) is 3.45. The first-order valence-electron chi connectivity index (χ1n) is 14.6. The largest absolute Gasteiger partial charge is 0.496 e. The van der Waals surface area contributed by atoms with Gasteiger partial charge < -0.3 is 24.5 Å². The second-order valence-corrected chi connectivity index (χ2v) is 10.9. The van der Waals surface area contributed by atoms with Crippen molar-refractivity contribution in [3.8, 4) is 17.2 Å². The van der Waals surface area contributed by atoms with Gasteiger partial charge in [0.1, 0.15) is 17.2 Å². The minimum atomic E-state index is -0.190. The SMILES string of the molecule is COc1cc(OC)c(CNC(=O)[C@H]2Cc3c([nH]c4ccccc34)[C@H](c3ccc(C=Cc4ccccc4)cc3)C2)c(OC)c1. The number of nitrogens with one attached hydrogen (secondary N) is 2. The fraction of sp³-hybridized carbons (Fsp3) is 0.216. The molecule has 0 fully saturated rings. The van der Waals surface area contributed by atoms with Gasteiger partial charge in [0.2, 0.25) is 5.91 Å². The van der Waals surface area contributed by atoms with Crippen molar-refractivity contribution in [3.63, 3.8) is 0 Å². The van der Waals surface area contributed by atoms with Crippen LogP contribution in [0.15, 0.2) is 91.0 Å². The van der Waals surface area contributed by atoms with E-state index < -0.39 is 0 Å². The van der Waals surface area contributed by atoms with Gasteiger partial charge in [-0.2, -0.15) is 0 Å². The average molecular weight is 573 g/mol. The fourth-order valence-electron chi connectivity index (χ4n) is 6.14. The summed E-state index contributed by atoms with van der Waals surface area (Å²) in [5, 5.41) is 4.36. The van der Waals surface area contributed by atoms with E-state index in [1.54, 1.807) is 33.5 Å². The Morgan fingerprint density at radius 3 is 2.16 bits per heavy atom. The molecule has 43 heavy (non-hydrogen) atoms. The number of methoxy groups -OCH3 is 3. The molecule has 1 heterocycles. The second-order valence-electron chi connectivity index (χ2n) is 10.9. The lowest BCUT2D eigenvalue weighted by Gasteiger charge is -2.29. The van der Waals surface area contributed by atoms with E-state index in [2.05, 4.69) is 77.1 Å². The highest BCUT2D eigenvalue weighted by molar-refractivity contribution is 5.87. The number of hydrogen-bond donors (Lipinski definition) is 2. The molecule has 1 aliphatic rings. The normalized spacial score (nSPS) is 16.2. The summed E-state index contributed by atoms with van der Waals surface area (Å²) in [4.78, 5) is 17.5. The maximum atomic E-state index is 13.8. The van der Waals surface area contributed by atoms with Crippen LogP contribution in [0.3, 0.4) is 0 Å². The van der Waals surface area contributed by atoms with Gasteiger partial charge in [0.05, 0.1) is 33.4 Å². The number of aromatic nitrogens is 1. The zero-order valence-electron chi connectivity index (χ0n) is 24.7. The fourth-order valence-corrected chi connectivity index (χ4v) is 6.14. The predicted octanol–water partition coefficient (Wildman–Crippen LogP) is 7.37. The number of amides is 1. The van der Waals surface area contributed by atoms with Crippen LogP contribution in [0.2, 0.25) is 0 Å². The Kier molecular flexibility index (Phi) is 8.18. The van der Waals surface area contributed by atoms with Crippen LogP contribution in [0.4, 0.5) is 0 Å². The highest BCUT2D eigenvalue weighted by Gasteiger charge is 2.34. The first kappa shape index (κ1) is 28.2. The van der Waals surface area contributed by atoms with Crippen LogP contribution in [-0.4, -0.2) is 32.2 Å². The molecule has 1 aliphatic carbocycles. The number of H-pyrrole nitrogens is 1. The number of rotatable bonds is 9. The molecule has 218 valence electrons. The van der Waals surface area contributed by atoms with Crippen LogP contribution in [0, 0.1) is 5.92 Å². The number of fused-ring (bicyclic) bond motifs is 3. The van der Waals surface area contributed by atoms with E-state index in [9.17, 15) is 4.79 Å². The summed E-state index contributed by atoms with van der Waals surface area (Å²) in [6, 6.07) is 31.0. The van der Waals surface area contributed by atoms with Gasteiger partial charge in [-0.3, -0.25) is 4.79 Å². The van der Waals surface area contributed by atoms with Gasteiger partial charge in [-0.15, -0.1) is 0 Å². The summed E-state index contributed by atoms with van der Waals surface area (Å²) in [5.74, 6) is 1.75. The van der Waals surface area contributed by atoms with Gasteiger partial charge in [0.15, 0.2) is 0 Å². The van der Waals surface area contributed by atoms with E-state index in [-0.39, 0.29) is 17.7 Å². The summed E-state index contributed by atoms with van der Waals surface area (Å²) < 4.78 is 16.6. The molecular weight excluding hydrogens is 536 g/mol. The topological polar surface area (TPSA) is 72.6 Å². The van der Waals surface area contributed by atoms with Crippen molar-refractivity contribution in [3.05, 3.63) is 125 Å². The molecule has 0 saturated carbocycles. The Hall–Kier alpha value is -4.97. The zero-order valence-corrected chi connectivity index (χ0v) is 24.7.